The third kappa shape index (κ3) is 2.68. The van der Waals surface area contributed by atoms with Crippen LogP contribution in [0.4, 0.5) is 0 Å². The maximum Gasteiger partial charge on any atom is 0.346 e. The molecular weight excluding hydrogens is 306 g/mol. The van der Waals surface area contributed by atoms with Crippen molar-refractivity contribution in [1.29, 1.82) is 0 Å². The molecule has 3 N–H and O–H groups in total. The van der Waals surface area contributed by atoms with E-state index >= 15 is 0 Å². The van der Waals surface area contributed by atoms with E-state index < -0.39 is 5.69 Å². The second-order valence-electron chi connectivity index (χ2n) is 4.59. The topological polar surface area (TPSA) is 91.0 Å². The predicted octanol–water partition coefficient (Wildman–Crippen LogP) is 2.80. The van der Waals surface area contributed by atoms with Crippen LogP contribution in [0.25, 0.3) is 22.6 Å². The number of aromatic amines is 2. The van der Waals surface area contributed by atoms with Gasteiger partial charge in [0.1, 0.15) is 5.15 Å². The molecule has 0 saturated carbocycles. The van der Waals surface area contributed by atoms with Gasteiger partial charge in [0.05, 0.1) is 24.2 Å². The Kier molecular flexibility index (Phi) is 3.60. The maximum atomic E-state index is 11.8. The number of H-pyrrole nitrogens is 2. The minimum absolute atomic E-state index is 0.0208. The Balaban J connectivity index is 2.12. The van der Waals surface area contributed by atoms with Crippen molar-refractivity contribution in [1.82, 2.24) is 15.0 Å². The molecule has 6 nitrogen and oxygen atoms in total. The SMILES string of the molecule is COc1cc(-c2cc(-c3ccc(Cl)[nH]3)[nH]c(=O)n2)ccc1O. The van der Waals surface area contributed by atoms with E-state index in [2.05, 4.69) is 15.0 Å². The van der Waals surface area contributed by atoms with E-state index in [-0.39, 0.29) is 5.75 Å². The smallest absolute Gasteiger partial charge is 0.346 e. The largest absolute Gasteiger partial charge is 0.504 e. The van der Waals surface area contributed by atoms with E-state index in [1.54, 1.807) is 30.3 Å². The Labute approximate surface area is 130 Å². The van der Waals surface area contributed by atoms with Crippen LogP contribution in [-0.4, -0.2) is 27.2 Å². The number of nitrogens with zero attached hydrogens (tertiary/aromatic N) is 1. The van der Waals surface area contributed by atoms with E-state index in [1.165, 1.54) is 13.2 Å². The zero-order valence-electron chi connectivity index (χ0n) is 11.6. The van der Waals surface area contributed by atoms with Crippen LogP contribution in [0.5, 0.6) is 11.5 Å². The van der Waals surface area contributed by atoms with Gasteiger partial charge in [-0.3, -0.25) is 0 Å². The van der Waals surface area contributed by atoms with Gasteiger partial charge >= 0.3 is 5.69 Å². The van der Waals surface area contributed by atoms with Crippen molar-refractivity contribution >= 4 is 11.6 Å². The highest BCUT2D eigenvalue weighted by Crippen LogP contribution is 2.31. The van der Waals surface area contributed by atoms with Crippen molar-refractivity contribution < 1.29 is 9.84 Å². The van der Waals surface area contributed by atoms with Gasteiger partial charge in [0.15, 0.2) is 11.5 Å². The third-order valence-electron chi connectivity index (χ3n) is 3.16. The van der Waals surface area contributed by atoms with E-state index in [0.29, 0.717) is 33.5 Å². The molecule has 0 radical (unpaired) electrons. The van der Waals surface area contributed by atoms with Crippen LogP contribution in [0, 0.1) is 0 Å². The third-order valence-corrected chi connectivity index (χ3v) is 3.38. The summed E-state index contributed by atoms with van der Waals surface area (Å²) >= 11 is 5.86. The number of methoxy groups -OCH3 is 1. The number of hydrogen-bond acceptors (Lipinski definition) is 4. The van der Waals surface area contributed by atoms with E-state index in [4.69, 9.17) is 16.3 Å². The van der Waals surface area contributed by atoms with Crippen LogP contribution in [0.15, 0.2) is 41.2 Å². The number of benzene rings is 1. The van der Waals surface area contributed by atoms with Crippen LogP contribution in [0.1, 0.15) is 0 Å². The number of aromatic nitrogens is 3. The molecule has 0 aliphatic rings. The Morgan fingerprint density at radius 3 is 2.64 bits per heavy atom. The Hall–Kier alpha value is -2.73. The fraction of sp³-hybridized carbons (Fsp3) is 0.0667. The van der Waals surface area contributed by atoms with Crippen molar-refractivity contribution in [2.45, 2.75) is 0 Å². The summed E-state index contributed by atoms with van der Waals surface area (Å²) in [6.45, 7) is 0. The maximum absolute atomic E-state index is 11.8. The van der Waals surface area contributed by atoms with Gasteiger partial charge in [-0.2, -0.15) is 4.98 Å². The molecule has 0 bridgehead atoms. The number of halogens is 1. The molecule has 1 aromatic carbocycles. The summed E-state index contributed by atoms with van der Waals surface area (Å²) in [5, 5.41) is 10.1. The Bertz CT molecular complexity index is 886. The van der Waals surface area contributed by atoms with Crippen molar-refractivity contribution in [3.05, 3.63) is 52.0 Å². The zero-order chi connectivity index (χ0) is 15.7. The molecular formula is C15H12ClN3O3. The minimum Gasteiger partial charge on any atom is -0.504 e. The molecule has 7 heteroatoms. The van der Waals surface area contributed by atoms with Crippen LogP contribution in [-0.2, 0) is 0 Å². The van der Waals surface area contributed by atoms with Gasteiger partial charge in [0.25, 0.3) is 0 Å². The first-order chi connectivity index (χ1) is 10.6. The van der Waals surface area contributed by atoms with Crippen LogP contribution in [0.3, 0.4) is 0 Å². The number of ether oxygens (including phenoxy) is 1. The highest BCUT2D eigenvalue weighted by molar-refractivity contribution is 6.29. The van der Waals surface area contributed by atoms with Crippen molar-refractivity contribution in [3.63, 3.8) is 0 Å². The summed E-state index contributed by atoms with van der Waals surface area (Å²) in [4.78, 5) is 21.3. The lowest BCUT2D eigenvalue weighted by Gasteiger charge is -2.07. The van der Waals surface area contributed by atoms with E-state index in [1.807, 2.05) is 0 Å². The Morgan fingerprint density at radius 2 is 1.95 bits per heavy atom. The van der Waals surface area contributed by atoms with Gasteiger partial charge in [0.2, 0.25) is 0 Å². The second kappa shape index (κ2) is 5.57. The molecule has 0 atom stereocenters. The number of rotatable bonds is 3. The van der Waals surface area contributed by atoms with Gasteiger partial charge in [-0.1, -0.05) is 11.6 Å². The fourth-order valence-electron chi connectivity index (χ4n) is 2.11. The minimum atomic E-state index is -0.481. The molecule has 0 aliphatic carbocycles. The highest BCUT2D eigenvalue weighted by atomic mass is 35.5. The average Bonchev–Trinajstić information content (AvgIpc) is 2.94. The lowest BCUT2D eigenvalue weighted by Crippen LogP contribution is -2.12. The number of hydrogen-bond donors (Lipinski definition) is 3. The standard InChI is InChI=1S/C15H12ClN3O3/c1-22-13-6-8(2-4-12(13)20)10-7-11(19-15(21)18-10)9-3-5-14(16)17-9/h2-7,17,20H,1H3,(H,18,19,21). The number of aromatic hydroxyl groups is 1. The quantitative estimate of drug-likeness (QED) is 0.692. The molecule has 22 heavy (non-hydrogen) atoms. The van der Waals surface area contributed by atoms with Crippen molar-refractivity contribution in [3.8, 4) is 34.1 Å². The first kappa shape index (κ1) is 14.2. The van der Waals surface area contributed by atoms with Crippen LogP contribution >= 0.6 is 11.6 Å². The molecule has 0 unspecified atom stereocenters. The van der Waals surface area contributed by atoms with Crippen LogP contribution < -0.4 is 10.4 Å². The fourth-order valence-corrected chi connectivity index (χ4v) is 2.28. The van der Waals surface area contributed by atoms with Gasteiger partial charge in [-0.25, -0.2) is 4.79 Å². The summed E-state index contributed by atoms with van der Waals surface area (Å²) in [5.74, 6) is 0.330. The molecule has 2 aromatic heterocycles. The summed E-state index contributed by atoms with van der Waals surface area (Å²) in [6, 6.07) is 9.93. The summed E-state index contributed by atoms with van der Waals surface area (Å²) < 4.78 is 5.07. The highest BCUT2D eigenvalue weighted by Gasteiger charge is 2.10. The molecule has 0 spiro atoms. The first-order valence-electron chi connectivity index (χ1n) is 6.40. The van der Waals surface area contributed by atoms with Gasteiger partial charge in [0, 0.05) is 5.56 Å². The average molecular weight is 318 g/mol. The number of phenols is 1. The monoisotopic (exact) mass is 317 g/mol. The van der Waals surface area contributed by atoms with Crippen LogP contribution in [0.2, 0.25) is 5.15 Å². The zero-order valence-corrected chi connectivity index (χ0v) is 12.3. The molecule has 2 heterocycles. The predicted molar refractivity (Wildman–Crippen MR) is 83.3 cm³/mol. The summed E-state index contributed by atoms with van der Waals surface area (Å²) in [6.07, 6.45) is 0. The molecule has 0 amide bonds. The van der Waals surface area contributed by atoms with E-state index in [9.17, 15) is 9.90 Å². The second-order valence-corrected chi connectivity index (χ2v) is 5.00. The summed E-state index contributed by atoms with van der Waals surface area (Å²) in [5.41, 5.74) is 1.87. The van der Waals surface area contributed by atoms with Gasteiger partial charge < -0.3 is 19.8 Å². The van der Waals surface area contributed by atoms with Gasteiger partial charge in [-0.05, 0) is 36.4 Å². The molecule has 0 fully saturated rings. The summed E-state index contributed by atoms with van der Waals surface area (Å²) in [7, 11) is 1.45. The van der Waals surface area contributed by atoms with Crippen molar-refractivity contribution in [2.75, 3.05) is 7.11 Å². The van der Waals surface area contributed by atoms with Crippen molar-refractivity contribution in [2.24, 2.45) is 0 Å². The molecule has 3 rings (SSSR count). The molecule has 0 aliphatic heterocycles. The molecule has 0 saturated heterocycles. The molecule has 112 valence electrons. The molecule has 3 aromatic rings. The number of phenolic OH excluding ortho intramolecular Hbond substituents is 1. The number of nitrogens with one attached hydrogen (secondary N) is 2. The Morgan fingerprint density at radius 1 is 1.14 bits per heavy atom. The van der Waals surface area contributed by atoms with E-state index in [0.717, 1.165) is 0 Å². The first-order valence-corrected chi connectivity index (χ1v) is 6.78. The lowest BCUT2D eigenvalue weighted by molar-refractivity contribution is 0.373. The normalized spacial score (nSPS) is 10.6. The lowest BCUT2D eigenvalue weighted by atomic mass is 10.1. The van der Waals surface area contributed by atoms with Gasteiger partial charge in [-0.15, -0.1) is 0 Å².